The van der Waals surface area contributed by atoms with E-state index in [1.54, 1.807) is 55.5 Å². The number of pyridine rings is 1. The highest BCUT2D eigenvalue weighted by Crippen LogP contribution is 2.29. The molecule has 2 aromatic heterocycles. The van der Waals surface area contributed by atoms with Gasteiger partial charge >= 0.3 is 0 Å². The van der Waals surface area contributed by atoms with Crippen molar-refractivity contribution in [2.75, 3.05) is 19.1 Å². The molecular formula is C25H24FN3O3. The van der Waals surface area contributed by atoms with Gasteiger partial charge in [0.25, 0.3) is 5.91 Å². The second kappa shape index (κ2) is 9.09. The van der Waals surface area contributed by atoms with E-state index in [1.807, 2.05) is 29.7 Å². The van der Waals surface area contributed by atoms with E-state index < -0.39 is 0 Å². The van der Waals surface area contributed by atoms with Crippen molar-refractivity contribution in [3.63, 3.8) is 0 Å². The van der Waals surface area contributed by atoms with Gasteiger partial charge in [0.1, 0.15) is 24.0 Å². The van der Waals surface area contributed by atoms with E-state index in [0.717, 1.165) is 11.3 Å². The smallest absolute Gasteiger partial charge is 0.259 e. The van der Waals surface area contributed by atoms with Crippen molar-refractivity contribution in [1.29, 1.82) is 0 Å². The number of carbonyl (C=O) groups excluding carboxylic acids is 1. The molecule has 6 nitrogen and oxygen atoms in total. The highest BCUT2D eigenvalue weighted by Gasteiger charge is 2.22. The van der Waals surface area contributed by atoms with E-state index in [9.17, 15) is 9.18 Å². The first-order chi connectivity index (χ1) is 15.5. The third kappa shape index (κ3) is 4.14. The summed E-state index contributed by atoms with van der Waals surface area (Å²) in [5.41, 5.74) is 2.81. The van der Waals surface area contributed by atoms with Crippen molar-refractivity contribution >= 4 is 17.4 Å². The number of aryl methyl sites for hydroxylation is 1. The van der Waals surface area contributed by atoms with Gasteiger partial charge in [-0.3, -0.25) is 14.1 Å². The molecule has 0 N–H and O–H groups in total. The fourth-order valence-corrected chi connectivity index (χ4v) is 3.55. The molecule has 0 aliphatic heterocycles. The number of hydrogen-bond donors (Lipinski definition) is 0. The van der Waals surface area contributed by atoms with Gasteiger partial charge in [-0.05, 0) is 60.5 Å². The molecule has 0 saturated carbocycles. The number of benzene rings is 2. The van der Waals surface area contributed by atoms with Crippen molar-refractivity contribution in [2.45, 2.75) is 20.0 Å². The number of imidazole rings is 1. The molecule has 32 heavy (non-hydrogen) atoms. The SMILES string of the molecule is CCc1nc2c(OCc3ccc(F)cc3)cccn2c1N(C)C(=O)c1ccc(OC)cc1. The summed E-state index contributed by atoms with van der Waals surface area (Å²) in [5.74, 6) is 1.53. The van der Waals surface area contributed by atoms with Crippen LogP contribution < -0.4 is 14.4 Å². The van der Waals surface area contributed by atoms with Crippen LogP contribution in [-0.4, -0.2) is 29.4 Å². The maximum Gasteiger partial charge on any atom is 0.259 e. The van der Waals surface area contributed by atoms with Crippen LogP contribution in [0.25, 0.3) is 5.65 Å². The molecule has 2 aromatic carbocycles. The van der Waals surface area contributed by atoms with Gasteiger partial charge in [-0.1, -0.05) is 19.1 Å². The molecule has 0 aliphatic rings. The van der Waals surface area contributed by atoms with Crippen LogP contribution in [0.4, 0.5) is 10.2 Å². The number of ether oxygens (including phenoxy) is 2. The van der Waals surface area contributed by atoms with Crippen molar-refractivity contribution in [1.82, 2.24) is 9.38 Å². The average Bonchev–Trinajstić information content (AvgIpc) is 3.22. The Labute approximate surface area is 185 Å². The van der Waals surface area contributed by atoms with Crippen LogP contribution in [0.15, 0.2) is 66.9 Å². The minimum Gasteiger partial charge on any atom is -0.497 e. The number of carbonyl (C=O) groups is 1. The summed E-state index contributed by atoms with van der Waals surface area (Å²) < 4.78 is 26.2. The second-order valence-electron chi connectivity index (χ2n) is 7.31. The third-order valence-corrected chi connectivity index (χ3v) is 5.26. The maximum absolute atomic E-state index is 13.2. The van der Waals surface area contributed by atoms with Crippen molar-refractivity contribution in [2.24, 2.45) is 0 Å². The van der Waals surface area contributed by atoms with E-state index in [4.69, 9.17) is 14.5 Å². The predicted octanol–water partition coefficient (Wildman–Crippen LogP) is 4.90. The molecule has 4 aromatic rings. The molecule has 0 aliphatic carbocycles. The normalized spacial score (nSPS) is 10.9. The van der Waals surface area contributed by atoms with Crippen LogP contribution in [-0.2, 0) is 13.0 Å². The highest BCUT2D eigenvalue weighted by atomic mass is 19.1. The molecule has 0 saturated heterocycles. The molecule has 0 spiro atoms. The third-order valence-electron chi connectivity index (χ3n) is 5.26. The zero-order valence-electron chi connectivity index (χ0n) is 18.2. The summed E-state index contributed by atoms with van der Waals surface area (Å²) >= 11 is 0. The summed E-state index contributed by atoms with van der Waals surface area (Å²) in [7, 11) is 3.33. The zero-order chi connectivity index (χ0) is 22.7. The first-order valence-corrected chi connectivity index (χ1v) is 10.3. The number of amides is 1. The lowest BCUT2D eigenvalue weighted by Gasteiger charge is -2.18. The summed E-state index contributed by atoms with van der Waals surface area (Å²) in [6.45, 7) is 2.28. The summed E-state index contributed by atoms with van der Waals surface area (Å²) in [6.07, 6.45) is 2.51. The lowest BCUT2D eigenvalue weighted by atomic mass is 10.2. The number of rotatable bonds is 7. The Morgan fingerprint density at radius 1 is 1.09 bits per heavy atom. The first kappa shape index (κ1) is 21.4. The Bertz CT molecular complexity index is 1230. The fraction of sp³-hybridized carbons (Fsp3) is 0.200. The molecule has 4 rings (SSSR count). The zero-order valence-corrected chi connectivity index (χ0v) is 18.2. The molecule has 1 amide bonds. The Hall–Kier alpha value is -3.87. The number of nitrogens with zero attached hydrogens (tertiary/aromatic N) is 3. The van der Waals surface area contributed by atoms with Gasteiger partial charge in [-0.15, -0.1) is 0 Å². The number of aromatic nitrogens is 2. The van der Waals surface area contributed by atoms with Crippen LogP contribution in [0.3, 0.4) is 0 Å². The van der Waals surface area contributed by atoms with E-state index >= 15 is 0 Å². The van der Waals surface area contributed by atoms with Crippen LogP contribution in [0.1, 0.15) is 28.5 Å². The molecular weight excluding hydrogens is 409 g/mol. The van der Waals surface area contributed by atoms with Gasteiger partial charge in [0.05, 0.1) is 12.8 Å². The monoisotopic (exact) mass is 433 g/mol. The number of hydrogen-bond acceptors (Lipinski definition) is 4. The van der Waals surface area contributed by atoms with Gasteiger partial charge in [0.2, 0.25) is 0 Å². The van der Waals surface area contributed by atoms with E-state index in [1.165, 1.54) is 12.1 Å². The van der Waals surface area contributed by atoms with E-state index in [0.29, 0.717) is 34.9 Å². The van der Waals surface area contributed by atoms with Crippen LogP contribution in [0.5, 0.6) is 11.5 Å². The molecule has 0 fully saturated rings. The molecule has 164 valence electrons. The minimum absolute atomic E-state index is 0.151. The van der Waals surface area contributed by atoms with E-state index in [2.05, 4.69) is 0 Å². The Morgan fingerprint density at radius 3 is 2.47 bits per heavy atom. The van der Waals surface area contributed by atoms with Gasteiger partial charge < -0.3 is 9.47 Å². The average molecular weight is 433 g/mol. The lowest BCUT2D eigenvalue weighted by molar-refractivity contribution is 0.0992. The van der Waals surface area contributed by atoms with Crippen molar-refractivity contribution in [3.05, 3.63) is 89.5 Å². The van der Waals surface area contributed by atoms with Crippen LogP contribution >= 0.6 is 0 Å². The number of methoxy groups -OCH3 is 1. The molecule has 2 heterocycles. The van der Waals surface area contributed by atoms with Crippen LogP contribution in [0.2, 0.25) is 0 Å². The molecule has 7 heteroatoms. The van der Waals surface area contributed by atoms with Gasteiger partial charge in [-0.25, -0.2) is 9.37 Å². The van der Waals surface area contributed by atoms with Crippen LogP contribution in [0, 0.1) is 5.82 Å². The minimum atomic E-state index is -0.286. The Kier molecular flexibility index (Phi) is 6.07. The molecule has 0 unspecified atom stereocenters. The standard InChI is InChI=1S/C25H24FN3O3/c1-4-21-24(28(2)25(30)18-9-13-20(31-3)14-10-18)29-15-5-6-22(23(29)27-21)32-16-17-7-11-19(26)12-8-17/h5-15H,4,16H2,1-3H3. The summed E-state index contributed by atoms with van der Waals surface area (Å²) in [4.78, 5) is 19.5. The molecule has 0 bridgehead atoms. The predicted molar refractivity (Wildman–Crippen MR) is 121 cm³/mol. The highest BCUT2D eigenvalue weighted by molar-refractivity contribution is 6.05. The Balaban J connectivity index is 1.66. The van der Waals surface area contributed by atoms with Crippen molar-refractivity contribution in [3.8, 4) is 11.5 Å². The summed E-state index contributed by atoms with van der Waals surface area (Å²) in [5, 5.41) is 0. The first-order valence-electron chi connectivity index (χ1n) is 10.3. The molecule has 0 radical (unpaired) electrons. The topological polar surface area (TPSA) is 56.1 Å². The fourth-order valence-electron chi connectivity index (χ4n) is 3.55. The number of halogens is 1. The largest absolute Gasteiger partial charge is 0.497 e. The number of fused-ring (bicyclic) bond motifs is 1. The quantitative estimate of drug-likeness (QED) is 0.416. The summed E-state index contributed by atoms with van der Waals surface area (Å²) in [6, 6.07) is 16.9. The molecule has 0 atom stereocenters. The second-order valence-corrected chi connectivity index (χ2v) is 7.31. The van der Waals surface area contributed by atoms with Gasteiger partial charge in [0.15, 0.2) is 11.4 Å². The van der Waals surface area contributed by atoms with Gasteiger partial charge in [-0.2, -0.15) is 0 Å². The Morgan fingerprint density at radius 2 is 1.81 bits per heavy atom. The van der Waals surface area contributed by atoms with Gasteiger partial charge in [0, 0.05) is 18.8 Å². The van der Waals surface area contributed by atoms with Crippen molar-refractivity contribution < 1.29 is 18.7 Å². The lowest BCUT2D eigenvalue weighted by Crippen LogP contribution is -2.28. The van der Waals surface area contributed by atoms with E-state index in [-0.39, 0.29) is 18.3 Å². The maximum atomic E-state index is 13.2. The number of anilines is 1.